The molecule has 3 heterocycles. The van der Waals surface area contributed by atoms with E-state index in [2.05, 4.69) is 58.6 Å². The lowest BCUT2D eigenvalue weighted by Gasteiger charge is -2.13. The number of thioether (sulfide) groups is 1. The highest BCUT2D eigenvalue weighted by Gasteiger charge is 2.23. The van der Waals surface area contributed by atoms with E-state index in [1.165, 1.54) is 28.7 Å². The van der Waals surface area contributed by atoms with Crippen molar-refractivity contribution < 1.29 is 4.79 Å². The molecule has 0 aliphatic rings. The number of amides is 1. The molecule has 0 bridgehead atoms. The lowest BCUT2D eigenvalue weighted by molar-refractivity contribution is -0.115. The lowest BCUT2D eigenvalue weighted by Crippen LogP contribution is -2.24. The van der Waals surface area contributed by atoms with Crippen molar-refractivity contribution in [2.24, 2.45) is 0 Å². The molecule has 5 rings (SSSR count). The zero-order valence-electron chi connectivity index (χ0n) is 18.6. The predicted octanol–water partition coefficient (Wildman–Crippen LogP) is 6.13. The van der Waals surface area contributed by atoms with Gasteiger partial charge >= 0.3 is 0 Å². The van der Waals surface area contributed by atoms with Gasteiger partial charge in [0.2, 0.25) is 5.91 Å². The highest BCUT2D eigenvalue weighted by molar-refractivity contribution is 8.00. The Balaban J connectivity index is 1.38. The summed E-state index contributed by atoms with van der Waals surface area (Å²) in [7, 11) is 0. The largest absolute Gasteiger partial charge is 0.301 e. The fourth-order valence-corrected chi connectivity index (χ4v) is 5.47. The van der Waals surface area contributed by atoms with E-state index in [0.29, 0.717) is 16.7 Å². The van der Waals surface area contributed by atoms with Crippen molar-refractivity contribution in [2.75, 3.05) is 5.32 Å². The van der Waals surface area contributed by atoms with Gasteiger partial charge < -0.3 is 5.32 Å². The number of benzene rings is 2. The third-order valence-electron chi connectivity index (χ3n) is 5.57. The van der Waals surface area contributed by atoms with E-state index in [9.17, 15) is 4.79 Å². The van der Waals surface area contributed by atoms with Gasteiger partial charge in [0, 0.05) is 16.3 Å². The molecule has 33 heavy (non-hydrogen) atoms. The van der Waals surface area contributed by atoms with Crippen LogP contribution in [0.15, 0.2) is 65.1 Å². The highest BCUT2D eigenvalue weighted by atomic mass is 32.2. The number of carbonyl (C=O) groups excluding carboxylic acids is 1. The summed E-state index contributed by atoms with van der Waals surface area (Å²) in [6, 6.07) is 18.4. The molecule has 8 heteroatoms. The number of thiazole rings is 1. The number of anilines is 1. The fourth-order valence-electron chi connectivity index (χ4n) is 3.77. The Hall–Kier alpha value is -3.23. The number of para-hydroxylation sites is 1. The van der Waals surface area contributed by atoms with Crippen molar-refractivity contribution in [1.29, 1.82) is 0 Å². The number of fused-ring (bicyclic) bond motifs is 3. The maximum Gasteiger partial charge on any atom is 0.239 e. The van der Waals surface area contributed by atoms with E-state index < -0.39 is 0 Å². The molecule has 166 valence electrons. The van der Waals surface area contributed by atoms with E-state index in [4.69, 9.17) is 0 Å². The molecule has 6 nitrogen and oxygen atoms in total. The van der Waals surface area contributed by atoms with Crippen LogP contribution in [0.4, 0.5) is 5.13 Å². The van der Waals surface area contributed by atoms with Crippen molar-refractivity contribution in [2.45, 2.75) is 37.6 Å². The summed E-state index contributed by atoms with van der Waals surface area (Å²) in [6.45, 7) is 6.13. The SMILES string of the molecule is CCC(Sc1nnc2cc(C)c3ccccc3n12)C(=O)Nc1nc(-c2ccc(C)cc2)cs1. The molecular weight excluding hydrogens is 450 g/mol. The summed E-state index contributed by atoms with van der Waals surface area (Å²) < 4.78 is 2.03. The summed E-state index contributed by atoms with van der Waals surface area (Å²) in [4.78, 5) is 17.7. The monoisotopic (exact) mass is 473 g/mol. The zero-order valence-corrected chi connectivity index (χ0v) is 20.2. The number of nitrogens with zero attached hydrogens (tertiary/aromatic N) is 4. The molecule has 0 fully saturated rings. The average molecular weight is 474 g/mol. The standard InChI is InChI=1S/C25H23N5OS2/c1-4-21(23(31)27-24-26-19(14-32-24)17-11-9-15(2)10-12-17)33-25-29-28-22-13-16(3)18-7-5-6-8-20(18)30(22)25/h5-14,21H,4H2,1-3H3,(H,26,27,31). The van der Waals surface area contributed by atoms with Crippen LogP contribution in [0.3, 0.4) is 0 Å². The maximum absolute atomic E-state index is 13.1. The Morgan fingerprint density at radius 2 is 1.91 bits per heavy atom. The quantitative estimate of drug-likeness (QED) is 0.300. The number of carbonyl (C=O) groups is 1. The third-order valence-corrected chi connectivity index (χ3v) is 7.63. The number of nitrogens with one attached hydrogen (secondary N) is 1. The number of aromatic nitrogens is 4. The maximum atomic E-state index is 13.1. The van der Waals surface area contributed by atoms with Crippen molar-refractivity contribution in [3.05, 3.63) is 71.1 Å². The fraction of sp³-hybridized carbons (Fsp3) is 0.200. The van der Waals surface area contributed by atoms with E-state index >= 15 is 0 Å². The summed E-state index contributed by atoms with van der Waals surface area (Å²) >= 11 is 2.87. The first-order valence-electron chi connectivity index (χ1n) is 10.8. The van der Waals surface area contributed by atoms with E-state index in [0.717, 1.165) is 33.4 Å². The van der Waals surface area contributed by atoms with Gasteiger partial charge in [0.25, 0.3) is 0 Å². The zero-order chi connectivity index (χ0) is 22.9. The molecule has 1 amide bonds. The molecule has 0 aliphatic heterocycles. The molecule has 2 aromatic carbocycles. The molecule has 0 aliphatic carbocycles. The Morgan fingerprint density at radius 3 is 2.70 bits per heavy atom. The van der Waals surface area contributed by atoms with Gasteiger partial charge in [-0.25, -0.2) is 4.98 Å². The lowest BCUT2D eigenvalue weighted by atomic mass is 10.1. The van der Waals surface area contributed by atoms with Crippen molar-refractivity contribution in [1.82, 2.24) is 19.6 Å². The van der Waals surface area contributed by atoms with Crippen molar-refractivity contribution in [3.8, 4) is 11.3 Å². The van der Waals surface area contributed by atoms with Gasteiger partial charge in [-0.1, -0.05) is 66.7 Å². The van der Waals surface area contributed by atoms with Gasteiger partial charge in [-0.15, -0.1) is 21.5 Å². The van der Waals surface area contributed by atoms with Gasteiger partial charge in [0.15, 0.2) is 15.9 Å². The molecule has 0 saturated carbocycles. The second kappa shape index (κ2) is 8.96. The predicted molar refractivity (Wildman–Crippen MR) is 136 cm³/mol. The van der Waals surface area contributed by atoms with Crippen LogP contribution in [0.5, 0.6) is 0 Å². The first-order chi connectivity index (χ1) is 16.0. The summed E-state index contributed by atoms with van der Waals surface area (Å²) in [5.74, 6) is -0.0829. The van der Waals surface area contributed by atoms with Crippen LogP contribution in [-0.2, 0) is 4.79 Å². The number of rotatable bonds is 6. The van der Waals surface area contributed by atoms with Crippen LogP contribution in [0, 0.1) is 13.8 Å². The van der Waals surface area contributed by atoms with E-state index in [1.807, 2.05) is 47.0 Å². The average Bonchev–Trinajstić information content (AvgIpc) is 3.45. The normalized spacial score (nSPS) is 12.3. The molecule has 5 aromatic rings. The van der Waals surface area contributed by atoms with Crippen molar-refractivity contribution >= 4 is 50.7 Å². The van der Waals surface area contributed by atoms with Crippen LogP contribution >= 0.6 is 23.1 Å². The van der Waals surface area contributed by atoms with Crippen LogP contribution in [-0.4, -0.2) is 30.7 Å². The first kappa shape index (κ1) is 21.6. The number of hydrogen-bond donors (Lipinski definition) is 1. The molecule has 1 N–H and O–H groups in total. The van der Waals surface area contributed by atoms with E-state index in [-0.39, 0.29) is 11.2 Å². The molecular formula is C25H23N5OS2. The number of aryl methyl sites for hydroxylation is 2. The van der Waals surface area contributed by atoms with Gasteiger partial charge in [-0.05, 0) is 38.0 Å². The molecule has 1 unspecified atom stereocenters. The first-order valence-corrected chi connectivity index (χ1v) is 12.5. The molecule has 0 saturated heterocycles. The Morgan fingerprint density at radius 1 is 1.12 bits per heavy atom. The van der Waals surface area contributed by atoms with Crippen LogP contribution in [0.2, 0.25) is 0 Å². The molecule has 0 spiro atoms. The molecule has 1 atom stereocenters. The smallest absolute Gasteiger partial charge is 0.239 e. The van der Waals surface area contributed by atoms with Crippen LogP contribution < -0.4 is 5.32 Å². The van der Waals surface area contributed by atoms with Gasteiger partial charge in [-0.3, -0.25) is 9.20 Å². The summed E-state index contributed by atoms with van der Waals surface area (Å²) in [5.41, 5.74) is 6.08. The molecule has 0 radical (unpaired) electrons. The highest BCUT2D eigenvalue weighted by Crippen LogP contribution is 2.31. The second-order valence-corrected chi connectivity index (χ2v) is 9.96. The summed E-state index contributed by atoms with van der Waals surface area (Å²) in [6.07, 6.45) is 0.658. The van der Waals surface area contributed by atoms with Gasteiger partial charge in [-0.2, -0.15) is 0 Å². The minimum atomic E-state index is -0.316. The minimum absolute atomic E-state index is 0.0829. The van der Waals surface area contributed by atoms with Crippen LogP contribution in [0.1, 0.15) is 24.5 Å². The minimum Gasteiger partial charge on any atom is -0.301 e. The second-order valence-electron chi connectivity index (χ2n) is 7.93. The topological polar surface area (TPSA) is 72.2 Å². The van der Waals surface area contributed by atoms with Gasteiger partial charge in [0.05, 0.1) is 16.5 Å². The number of pyridine rings is 1. The van der Waals surface area contributed by atoms with Crippen LogP contribution in [0.25, 0.3) is 27.8 Å². The van der Waals surface area contributed by atoms with Gasteiger partial charge in [0.1, 0.15) is 0 Å². The van der Waals surface area contributed by atoms with Crippen molar-refractivity contribution in [3.63, 3.8) is 0 Å². The van der Waals surface area contributed by atoms with E-state index in [1.54, 1.807) is 0 Å². The Labute approximate surface area is 200 Å². The molecule has 3 aromatic heterocycles. The number of hydrogen-bond acceptors (Lipinski definition) is 6. The summed E-state index contributed by atoms with van der Waals surface area (Å²) in [5, 5.41) is 15.9. The Kier molecular flexibility index (Phi) is 5.86. The Bertz CT molecular complexity index is 1460. The third kappa shape index (κ3) is 4.24.